The van der Waals surface area contributed by atoms with E-state index in [9.17, 15) is 14.0 Å². The minimum absolute atomic E-state index is 0.0437. The Labute approximate surface area is 145 Å². The van der Waals surface area contributed by atoms with Gasteiger partial charge >= 0.3 is 0 Å². The molecule has 1 saturated carbocycles. The highest BCUT2D eigenvalue weighted by molar-refractivity contribution is 6.05. The van der Waals surface area contributed by atoms with Crippen LogP contribution in [0.15, 0.2) is 16.9 Å². The van der Waals surface area contributed by atoms with Gasteiger partial charge in [-0.15, -0.1) is 0 Å². The second-order valence-corrected chi connectivity index (χ2v) is 7.28. The molecule has 0 radical (unpaired) electrons. The van der Waals surface area contributed by atoms with E-state index in [2.05, 4.69) is 4.90 Å². The second-order valence-electron chi connectivity index (χ2n) is 7.28. The predicted molar refractivity (Wildman–Crippen MR) is 93.1 cm³/mol. The smallest absolute Gasteiger partial charge is 0.275 e. The van der Waals surface area contributed by atoms with Gasteiger partial charge in [-0.2, -0.15) is 0 Å². The van der Waals surface area contributed by atoms with E-state index in [4.69, 9.17) is 5.73 Å². The van der Waals surface area contributed by atoms with Gasteiger partial charge in [-0.05, 0) is 25.0 Å². The van der Waals surface area contributed by atoms with Crippen LogP contribution in [0, 0.1) is 5.82 Å². The van der Waals surface area contributed by atoms with Crippen LogP contribution < -0.4 is 11.3 Å². The summed E-state index contributed by atoms with van der Waals surface area (Å²) in [4.78, 5) is 27.0. The number of carbonyl (C=O) groups is 1. The van der Waals surface area contributed by atoms with Gasteiger partial charge in [0, 0.05) is 26.2 Å². The summed E-state index contributed by atoms with van der Waals surface area (Å²) in [6.07, 6.45) is 6.33. The third kappa shape index (κ3) is 2.57. The van der Waals surface area contributed by atoms with Gasteiger partial charge in [0.25, 0.3) is 5.56 Å². The van der Waals surface area contributed by atoms with Crippen molar-refractivity contribution in [1.82, 2.24) is 14.3 Å². The summed E-state index contributed by atoms with van der Waals surface area (Å²) in [6, 6.07) is 3.01. The summed E-state index contributed by atoms with van der Waals surface area (Å²) in [5.74, 6) is -1.34. The fourth-order valence-electron chi connectivity index (χ4n) is 4.43. The minimum Gasteiger partial charge on any atom is -0.366 e. The highest BCUT2D eigenvalue weighted by Gasteiger charge is 2.36. The summed E-state index contributed by atoms with van der Waals surface area (Å²) < 4.78 is 17.2. The molecular weight excluding hydrogens is 323 g/mol. The lowest BCUT2D eigenvalue weighted by atomic mass is 9.91. The molecule has 1 aliphatic heterocycles. The first kappa shape index (κ1) is 16.3. The molecule has 2 aliphatic rings. The number of hydrogen-bond acceptors (Lipinski definition) is 3. The Morgan fingerprint density at radius 2 is 1.84 bits per heavy atom. The minimum atomic E-state index is -0.781. The monoisotopic (exact) mass is 346 g/mol. The van der Waals surface area contributed by atoms with Crippen LogP contribution in [0.25, 0.3) is 10.9 Å². The lowest BCUT2D eigenvalue weighted by molar-refractivity contribution is 0.0303. The van der Waals surface area contributed by atoms with E-state index in [1.807, 2.05) is 0 Å². The third-order valence-corrected chi connectivity index (χ3v) is 5.77. The number of fused-ring (bicyclic) bond motifs is 1. The van der Waals surface area contributed by atoms with Crippen LogP contribution in [0.1, 0.15) is 48.5 Å². The average molecular weight is 346 g/mol. The molecule has 2 N–H and O–H groups in total. The lowest BCUT2D eigenvalue weighted by Crippen LogP contribution is -2.55. The third-order valence-electron chi connectivity index (χ3n) is 5.77. The quantitative estimate of drug-likeness (QED) is 0.920. The number of hydrogen-bond donors (Lipinski definition) is 1. The van der Waals surface area contributed by atoms with Crippen molar-refractivity contribution in [2.45, 2.75) is 44.2 Å². The highest BCUT2D eigenvalue weighted by Crippen LogP contribution is 2.31. The van der Waals surface area contributed by atoms with Crippen molar-refractivity contribution in [3.05, 3.63) is 33.9 Å². The van der Waals surface area contributed by atoms with E-state index < -0.39 is 11.7 Å². The number of aryl methyl sites for hydroxylation is 1. The van der Waals surface area contributed by atoms with Crippen LogP contribution >= 0.6 is 0 Å². The summed E-state index contributed by atoms with van der Waals surface area (Å²) in [7, 11) is 1.73. The van der Waals surface area contributed by atoms with Gasteiger partial charge in [0.2, 0.25) is 5.91 Å². The fraction of sp³-hybridized carbons (Fsp3) is 0.556. The molecule has 7 heteroatoms. The molecule has 2 fully saturated rings. The lowest BCUT2D eigenvalue weighted by Gasteiger charge is -2.46. The van der Waals surface area contributed by atoms with Crippen molar-refractivity contribution >= 4 is 16.8 Å². The number of carbonyl (C=O) groups excluding carboxylic acids is 1. The van der Waals surface area contributed by atoms with Gasteiger partial charge in [-0.3, -0.25) is 19.2 Å². The maximum Gasteiger partial charge on any atom is 0.275 e. The van der Waals surface area contributed by atoms with E-state index in [1.165, 1.54) is 38.2 Å². The van der Waals surface area contributed by atoms with E-state index in [0.29, 0.717) is 11.6 Å². The SMILES string of the molecule is Cn1c2cc(F)cc(C(N)=O)c2c(=O)n1C1CN(C2CCCCC2)C1. The molecule has 1 saturated heterocycles. The van der Waals surface area contributed by atoms with Crippen LogP contribution in [0.3, 0.4) is 0 Å². The molecule has 4 rings (SSSR count). The Morgan fingerprint density at radius 1 is 1.16 bits per heavy atom. The van der Waals surface area contributed by atoms with E-state index >= 15 is 0 Å². The fourth-order valence-corrected chi connectivity index (χ4v) is 4.43. The number of aromatic nitrogens is 2. The molecular formula is C18H23FN4O2. The molecule has 1 aliphatic carbocycles. The molecule has 6 nitrogen and oxygen atoms in total. The van der Waals surface area contributed by atoms with Gasteiger partial charge in [0.15, 0.2) is 0 Å². The Balaban J connectivity index is 1.68. The summed E-state index contributed by atoms with van der Waals surface area (Å²) in [6.45, 7) is 1.65. The van der Waals surface area contributed by atoms with Crippen molar-refractivity contribution in [2.24, 2.45) is 12.8 Å². The maximum atomic E-state index is 13.8. The zero-order chi connectivity index (χ0) is 17.7. The van der Waals surface area contributed by atoms with Crippen molar-refractivity contribution in [3.8, 4) is 0 Å². The van der Waals surface area contributed by atoms with Crippen LogP contribution in [-0.2, 0) is 7.05 Å². The zero-order valence-corrected chi connectivity index (χ0v) is 14.4. The average Bonchev–Trinajstić information content (AvgIpc) is 2.79. The number of nitrogens with two attached hydrogens (primary N) is 1. The number of likely N-dealkylation sites (tertiary alicyclic amines) is 1. The normalized spacial score (nSPS) is 20.1. The Hall–Kier alpha value is -2.15. The van der Waals surface area contributed by atoms with E-state index in [1.54, 1.807) is 16.4 Å². The molecule has 2 heterocycles. The van der Waals surface area contributed by atoms with E-state index in [-0.39, 0.29) is 22.6 Å². The molecule has 134 valence electrons. The molecule has 0 spiro atoms. The van der Waals surface area contributed by atoms with Gasteiger partial charge < -0.3 is 5.73 Å². The Kier molecular flexibility index (Phi) is 3.91. The van der Waals surface area contributed by atoms with Gasteiger partial charge in [0.05, 0.1) is 22.5 Å². The van der Waals surface area contributed by atoms with Gasteiger partial charge in [-0.1, -0.05) is 19.3 Å². The van der Waals surface area contributed by atoms with Crippen molar-refractivity contribution in [1.29, 1.82) is 0 Å². The van der Waals surface area contributed by atoms with Crippen LogP contribution in [0.4, 0.5) is 4.39 Å². The zero-order valence-electron chi connectivity index (χ0n) is 14.4. The summed E-state index contributed by atoms with van der Waals surface area (Å²) >= 11 is 0. The van der Waals surface area contributed by atoms with Crippen molar-refractivity contribution in [3.63, 3.8) is 0 Å². The predicted octanol–water partition coefficient (Wildman–Crippen LogP) is 1.77. The largest absolute Gasteiger partial charge is 0.366 e. The molecule has 0 bridgehead atoms. The first-order chi connectivity index (χ1) is 12.0. The number of benzene rings is 1. The molecule has 25 heavy (non-hydrogen) atoms. The van der Waals surface area contributed by atoms with Crippen LogP contribution in [0.2, 0.25) is 0 Å². The number of primary amides is 1. The summed E-state index contributed by atoms with van der Waals surface area (Å²) in [5, 5.41) is 0.215. The van der Waals surface area contributed by atoms with Gasteiger partial charge in [0.1, 0.15) is 5.82 Å². The standard InChI is InChI=1S/C18H23FN4O2/c1-21-15-8-11(19)7-14(17(20)24)16(15)18(25)23(21)13-9-22(10-13)12-5-3-2-4-6-12/h7-8,12-13H,2-6,9-10H2,1H3,(H2,20,24). The highest BCUT2D eigenvalue weighted by atomic mass is 19.1. The summed E-state index contributed by atoms with van der Waals surface area (Å²) in [5.41, 5.74) is 5.45. The van der Waals surface area contributed by atoms with Crippen LogP contribution in [-0.4, -0.2) is 39.3 Å². The first-order valence-electron chi connectivity index (χ1n) is 8.92. The molecule has 0 unspecified atom stereocenters. The van der Waals surface area contributed by atoms with Crippen LogP contribution in [0.5, 0.6) is 0 Å². The van der Waals surface area contributed by atoms with E-state index in [0.717, 1.165) is 19.2 Å². The Morgan fingerprint density at radius 3 is 2.48 bits per heavy atom. The molecule has 1 aromatic heterocycles. The molecule has 0 atom stereocenters. The van der Waals surface area contributed by atoms with Gasteiger partial charge in [-0.25, -0.2) is 9.07 Å². The molecule has 1 amide bonds. The molecule has 1 aromatic carbocycles. The number of halogens is 1. The second kappa shape index (κ2) is 5.98. The number of nitrogens with zero attached hydrogens (tertiary/aromatic N) is 3. The first-order valence-corrected chi connectivity index (χ1v) is 8.92. The van der Waals surface area contributed by atoms with Crippen molar-refractivity contribution < 1.29 is 9.18 Å². The maximum absolute atomic E-state index is 13.8. The topological polar surface area (TPSA) is 73.3 Å². The van der Waals surface area contributed by atoms with Crippen molar-refractivity contribution in [2.75, 3.05) is 13.1 Å². The Bertz CT molecular complexity index is 889. The molecule has 2 aromatic rings. The number of amides is 1. The number of rotatable bonds is 3.